The molecule has 0 amide bonds. The molecule has 0 bridgehead atoms. The summed E-state index contributed by atoms with van der Waals surface area (Å²) >= 11 is 0. The second-order valence-electron chi connectivity index (χ2n) is 6.62. The van der Waals surface area contributed by atoms with Gasteiger partial charge in [0.15, 0.2) is 0 Å². The average Bonchev–Trinajstić information content (AvgIpc) is 2.68. The van der Waals surface area contributed by atoms with Crippen LogP contribution in [-0.4, -0.2) is 29.0 Å². The highest BCUT2D eigenvalue weighted by Crippen LogP contribution is 2.21. The Morgan fingerprint density at radius 1 is 1.07 bits per heavy atom. The molecule has 5 heteroatoms. The molecule has 1 N–H and O–H groups in total. The van der Waals surface area contributed by atoms with Crippen molar-refractivity contribution in [2.75, 3.05) is 14.2 Å². The van der Waals surface area contributed by atoms with E-state index in [4.69, 9.17) is 4.74 Å². The van der Waals surface area contributed by atoms with Gasteiger partial charge in [-0.2, -0.15) is 0 Å². The summed E-state index contributed by atoms with van der Waals surface area (Å²) in [7, 11) is 3.78. The van der Waals surface area contributed by atoms with Crippen LogP contribution in [0.25, 0.3) is 11.4 Å². The molecule has 2 aromatic carbocycles. The van der Waals surface area contributed by atoms with Gasteiger partial charge in [-0.05, 0) is 31.2 Å². The Hall–Kier alpha value is -2.92. The average molecular weight is 363 g/mol. The van der Waals surface area contributed by atoms with Crippen molar-refractivity contribution in [3.8, 4) is 17.1 Å². The molecule has 0 aliphatic heterocycles. The first-order valence-corrected chi connectivity index (χ1v) is 9.09. The fourth-order valence-corrected chi connectivity index (χ4v) is 3.13. The van der Waals surface area contributed by atoms with Crippen molar-refractivity contribution in [2.24, 2.45) is 0 Å². The number of hydrogen-bond acceptors (Lipinski definition) is 4. The Labute approximate surface area is 159 Å². The van der Waals surface area contributed by atoms with E-state index in [0.29, 0.717) is 5.82 Å². The van der Waals surface area contributed by atoms with Crippen molar-refractivity contribution in [1.29, 1.82) is 0 Å². The van der Waals surface area contributed by atoms with Crippen molar-refractivity contribution in [1.82, 2.24) is 14.9 Å². The minimum absolute atomic E-state index is 0.115. The minimum atomic E-state index is -0.115. The lowest BCUT2D eigenvalue weighted by molar-refractivity contribution is 0.310. The molecule has 140 valence electrons. The molecule has 0 radical (unpaired) electrons. The zero-order valence-corrected chi connectivity index (χ0v) is 16.0. The summed E-state index contributed by atoms with van der Waals surface area (Å²) in [5.41, 5.74) is 3.92. The standard InChI is InChI=1S/C22H25N3O2/c1-4-19-13-21(26)24-22(23-19)17-10-7-8-16(12-17)14-25(2)15-18-9-5-6-11-20(18)27-3/h5-13H,4,14-15H2,1-3H3,(H,23,24,26). The number of rotatable bonds is 7. The second kappa shape index (κ2) is 8.64. The first-order chi connectivity index (χ1) is 13.1. The van der Waals surface area contributed by atoms with Gasteiger partial charge in [-0.1, -0.05) is 43.3 Å². The van der Waals surface area contributed by atoms with Gasteiger partial charge in [0.2, 0.25) is 0 Å². The van der Waals surface area contributed by atoms with Crippen LogP contribution < -0.4 is 10.3 Å². The monoisotopic (exact) mass is 363 g/mol. The summed E-state index contributed by atoms with van der Waals surface area (Å²) in [5, 5.41) is 0. The number of aromatic nitrogens is 2. The molecule has 27 heavy (non-hydrogen) atoms. The highest BCUT2D eigenvalue weighted by atomic mass is 16.5. The molecule has 0 fully saturated rings. The summed E-state index contributed by atoms with van der Waals surface area (Å²) < 4.78 is 5.44. The number of nitrogens with one attached hydrogen (secondary N) is 1. The van der Waals surface area contributed by atoms with E-state index in [0.717, 1.165) is 47.6 Å². The zero-order valence-electron chi connectivity index (χ0n) is 16.0. The lowest BCUT2D eigenvalue weighted by Gasteiger charge is -2.19. The van der Waals surface area contributed by atoms with Crippen LogP contribution in [0.5, 0.6) is 5.75 Å². The highest BCUT2D eigenvalue weighted by molar-refractivity contribution is 5.56. The first-order valence-electron chi connectivity index (χ1n) is 9.09. The minimum Gasteiger partial charge on any atom is -0.496 e. The first kappa shape index (κ1) is 18.9. The van der Waals surface area contributed by atoms with E-state index in [2.05, 4.69) is 40.1 Å². The molecule has 0 saturated carbocycles. The molecular formula is C22H25N3O2. The van der Waals surface area contributed by atoms with Crippen molar-refractivity contribution in [2.45, 2.75) is 26.4 Å². The molecule has 0 aliphatic carbocycles. The van der Waals surface area contributed by atoms with Crippen LogP contribution in [-0.2, 0) is 19.5 Å². The predicted molar refractivity (Wildman–Crippen MR) is 108 cm³/mol. The van der Waals surface area contributed by atoms with Gasteiger partial charge >= 0.3 is 0 Å². The molecule has 0 aliphatic rings. The van der Waals surface area contributed by atoms with E-state index in [9.17, 15) is 4.79 Å². The van der Waals surface area contributed by atoms with Crippen LogP contribution >= 0.6 is 0 Å². The number of methoxy groups -OCH3 is 1. The summed E-state index contributed by atoms with van der Waals surface area (Å²) in [4.78, 5) is 21.5. The van der Waals surface area contributed by atoms with Gasteiger partial charge in [-0.25, -0.2) is 4.98 Å². The quantitative estimate of drug-likeness (QED) is 0.696. The van der Waals surface area contributed by atoms with Gasteiger partial charge < -0.3 is 9.72 Å². The van der Waals surface area contributed by atoms with Gasteiger partial charge in [0.25, 0.3) is 5.56 Å². The fraction of sp³-hybridized carbons (Fsp3) is 0.273. The Morgan fingerprint density at radius 2 is 1.89 bits per heavy atom. The lowest BCUT2D eigenvalue weighted by Crippen LogP contribution is -2.17. The predicted octanol–water partition coefficient (Wildman–Crippen LogP) is 3.64. The van der Waals surface area contributed by atoms with E-state index in [-0.39, 0.29) is 5.56 Å². The molecule has 0 unspecified atom stereocenters. The number of para-hydroxylation sites is 1. The van der Waals surface area contributed by atoms with Crippen LogP contribution in [0.15, 0.2) is 59.4 Å². The summed E-state index contributed by atoms with van der Waals surface area (Å²) in [6.45, 7) is 3.56. The van der Waals surface area contributed by atoms with Crippen molar-refractivity contribution in [3.63, 3.8) is 0 Å². The summed E-state index contributed by atoms with van der Waals surface area (Å²) in [6, 6.07) is 17.7. The number of ether oxygens (including phenoxy) is 1. The summed E-state index contributed by atoms with van der Waals surface area (Å²) in [5.74, 6) is 1.52. The topological polar surface area (TPSA) is 58.2 Å². The molecule has 0 spiro atoms. The van der Waals surface area contributed by atoms with Crippen LogP contribution in [0.1, 0.15) is 23.7 Å². The Bertz CT molecular complexity index is 966. The maximum atomic E-state index is 11.9. The second-order valence-corrected chi connectivity index (χ2v) is 6.62. The molecule has 1 heterocycles. The molecule has 3 aromatic rings. The number of nitrogens with zero attached hydrogens (tertiary/aromatic N) is 2. The van der Waals surface area contributed by atoms with Crippen LogP contribution in [0.4, 0.5) is 0 Å². The summed E-state index contributed by atoms with van der Waals surface area (Å²) in [6.07, 6.45) is 0.734. The third kappa shape index (κ3) is 4.83. The SMILES string of the molecule is CCc1cc(=O)[nH]c(-c2cccc(CN(C)Cc3ccccc3OC)c2)n1. The van der Waals surface area contributed by atoms with Crippen molar-refractivity contribution < 1.29 is 4.74 Å². The highest BCUT2D eigenvalue weighted by Gasteiger charge is 2.08. The lowest BCUT2D eigenvalue weighted by atomic mass is 10.1. The van der Waals surface area contributed by atoms with E-state index < -0.39 is 0 Å². The number of benzene rings is 2. The maximum absolute atomic E-state index is 11.9. The molecule has 0 saturated heterocycles. The smallest absolute Gasteiger partial charge is 0.251 e. The largest absolute Gasteiger partial charge is 0.496 e. The van der Waals surface area contributed by atoms with Gasteiger partial charge in [0.1, 0.15) is 11.6 Å². The van der Waals surface area contributed by atoms with Crippen LogP contribution in [0.2, 0.25) is 0 Å². The number of hydrogen-bond donors (Lipinski definition) is 1. The van der Waals surface area contributed by atoms with Gasteiger partial charge in [-0.3, -0.25) is 9.69 Å². The normalized spacial score (nSPS) is 11.0. The number of aryl methyl sites for hydroxylation is 1. The fourth-order valence-electron chi connectivity index (χ4n) is 3.13. The third-order valence-corrected chi connectivity index (χ3v) is 4.44. The van der Waals surface area contributed by atoms with Crippen molar-refractivity contribution >= 4 is 0 Å². The van der Waals surface area contributed by atoms with E-state index in [1.54, 1.807) is 13.2 Å². The van der Waals surface area contributed by atoms with E-state index in [1.165, 1.54) is 0 Å². The molecular weight excluding hydrogens is 338 g/mol. The van der Waals surface area contributed by atoms with Gasteiger partial charge in [0, 0.05) is 36.0 Å². The number of aromatic amines is 1. The molecule has 0 atom stereocenters. The zero-order chi connectivity index (χ0) is 19.2. The maximum Gasteiger partial charge on any atom is 0.251 e. The Kier molecular flexibility index (Phi) is 6.04. The molecule has 3 rings (SSSR count). The van der Waals surface area contributed by atoms with Crippen molar-refractivity contribution in [3.05, 3.63) is 81.8 Å². The van der Waals surface area contributed by atoms with E-state index >= 15 is 0 Å². The van der Waals surface area contributed by atoms with Crippen LogP contribution in [0.3, 0.4) is 0 Å². The van der Waals surface area contributed by atoms with E-state index in [1.807, 2.05) is 37.3 Å². The van der Waals surface area contributed by atoms with Gasteiger partial charge in [0.05, 0.1) is 7.11 Å². The molecule has 5 nitrogen and oxygen atoms in total. The molecule has 1 aromatic heterocycles. The van der Waals surface area contributed by atoms with Gasteiger partial charge in [-0.15, -0.1) is 0 Å². The number of H-pyrrole nitrogens is 1. The van der Waals surface area contributed by atoms with Crippen LogP contribution in [0, 0.1) is 0 Å². The Balaban J connectivity index is 1.78. The third-order valence-electron chi connectivity index (χ3n) is 4.44. The Morgan fingerprint density at radius 3 is 2.67 bits per heavy atom.